The van der Waals surface area contributed by atoms with Crippen LogP contribution in [0.3, 0.4) is 0 Å². The molecule has 0 aliphatic heterocycles. The number of nitrogens with two attached hydrogens (primary N) is 1. The average Bonchev–Trinajstić information content (AvgIpc) is 2.26. The third-order valence-electron chi connectivity index (χ3n) is 3.25. The predicted molar refractivity (Wildman–Crippen MR) is 75.3 cm³/mol. The van der Waals surface area contributed by atoms with Crippen LogP contribution in [0.4, 0.5) is 0 Å². The Morgan fingerprint density at radius 1 is 1.00 bits per heavy atom. The lowest BCUT2D eigenvalue weighted by Gasteiger charge is -2.24. The lowest BCUT2D eigenvalue weighted by Crippen LogP contribution is -2.29. The van der Waals surface area contributed by atoms with Crippen LogP contribution in [-0.4, -0.2) is 0 Å². The summed E-state index contributed by atoms with van der Waals surface area (Å²) >= 11 is 0. The molecule has 1 nitrogen and oxygen atoms in total. The normalized spacial score (nSPS) is 12.4. The van der Waals surface area contributed by atoms with Gasteiger partial charge in [0.25, 0.3) is 0 Å². The Bertz CT molecular complexity index is 527. The van der Waals surface area contributed by atoms with Gasteiger partial charge in [0, 0.05) is 5.54 Å². The van der Waals surface area contributed by atoms with E-state index in [0.29, 0.717) is 5.92 Å². The number of benzene rings is 2. The second-order valence-electron chi connectivity index (χ2n) is 5.63. The van der Waals surface area contributed by atoms with E-state index in [1.54, 1.807) is 0 Å². The van der Waals surface area contributed by atoms with Gasteiger partial charge in [0.05, 0.1) is 0 Å². The highest BCUT2D eigenvalue weighted by Gasteiger charge is 2.19. The standard InChI is InChI=1S/C16H21N/c1-11(2)13-9-5-7-12-8-6-10-14(15(12)13)16(3,4)17/h5-11H,17H2,1-4H3. The Kier molecular flexibility index (Phi) is 2.96. The van der Waals surface area contributed by atoms with Crippen molar-refractivity contribution < 1.29 is 0 Å². The SMILES string of the molecule is CC(C)c1cccc2cccc(C(C)(C)N)c12. The molecule has 0 amide bonds. The van der Waals surface area contributed by atoms with Crippen LogP contribution in [0.25, 0.3) is 10.8 Å². The van der Waals surface area contributed by atoms with Gasteiger partial charge in [0.1, 0.15) is 0 Å². The Hall–Kier alpha value is -1.34. The highest BCUT2D eigenvalue weighted by Crippen LogP contribution is 2.32. The van der Waals surface area contributed by atoms with Crippen LogP contribution in [0.15, 0.2) is 36.4 Å². The Morgan fingerprint density at radius 3 is 2.12 bits per heavy atom. The average molecular weight is 227 g/mol. The van der Waals surface area contributed by atoms with Gasteiger partial charge in [0.2, 0.25) is 0 Å². The number of hydrogen-bond donors (Lipinski definition) is 1. The molecule has 0 aliphatic carbocycles. The van der Waals surface area contributed by atoms with E-state index in [4.69, 9.17) is 5.73 Å². The van der Waals surface area contributed by atoms with E-state index in [1.807, 2.05) is 0 Å². The van der Waals surface area contributed by atoms with Crippen molar-refractivity contribution in [3.05, 3.63) is 47.5 Å². The zero-order valence-corrected chi connectivity index (χ0v) is 11.1. The molecule has 0 saturated carbocycles. The van der Waals surface area contributed by atoms with E-state index in [1.165, 1.54) is 21.9 Å². The maximum atomic E-state index is 6.29. The maximum Gasteiger partial charge on any atom is 0.0358 e. The van der Waals surface area contributed by atoms with Gasteiger partial charge in [-0.15, -0.1) is 0 Å². The van der Waals surface area contributed by atoms with Crippen molar-refractivity contribution in [2.45, 2.75) is 39.2 Å². The van der Waals surface area contributed by atoms with Crippen molar-refractivity contribution in [3.63, 3.8) is 0 Å². The minimum atomic E-state index is -0.301. The molecule has 0 radical (unpaired) electrons. The minimum absolute atomic E-state index is 0.301. The summed E-state index contributed by atoms with van der Waals surface area (Å²) < 4.78 is 0. The Balaban J connectivity index is 2.86. The first-order valence-electron chi connectivity index (χ1n) is 6.22. The number of fused-ring (bicyclic) bond motifs is 1. The third kappa shape index (κ3) is 2.20. The Labute approximate surface area is 104 Å². The molecule has 0 aromatic heterocycles. The molecule has 90 valence electrons. The van der Waals surface area contributed by atoms with E-state index in [2.05, 4.69) is 64.1 Å². The van der Waals surface area contributed by atoms with Gasteiger partial charge in [-0.05, 0) is 41.7 Å². The first-order chi connectivity index (χ1) is 7.91. The summed E-state index contributed by atoms with van der Waals surface area (Å²) in [6, 6.07) is 12.9. The fourth-order valence-electron chi connectivity index (χ4n) is 2.39. The molecule has 17 heavy (non-hydrogen) atoms. The smallest absolute Gasteiger partial charge is 0.0358 e. The van der Waals surface area contributed by atoms with Gasteiger partial charge < -0.3 is 5.73 Å². The molecule has 2 N–H and O–H groups in total. The highest BCUT2D eigenvalue weighted by molar-refractivity contribution is 5.90. The van der Waals surface area contributed by atoms with Gasteiger partial charge in [-0.1, -0.05) is 50.2 Å². The summed E-state index contributed by atoms with van der Waals surface area (Å²) in [6.07, 6.45) is 0. The molecule has 0 atom stereocenters. The number of rotatable bonds is 2. The van der Waals surface area contributed by atoms with Gasteiger partial charge in [-0.2, -0.15) is 0 Å². The summed E-state index contributed by atoms with van der Waals surface area (Å²) in [6.45, 7) is 8.60. The van der Waals surface area contributed by atoms with Crippen LogP contribution in [0.5, 0.6) is 0 Å². The van der Waals surface area contributed by atoms with Crippen molar-refractivity contribution in [2.75, 3.05) is 0 Å². The zero-order chi connectivity index (χ0) is 12.6. The predicted octanol–water partition coefficient (Wildman–Crippen LogP) is 4.16. The summed E-state index contributed by atoms with van der Waals surface area (Å²) in [5.74, 6) is 0.516. The topological polar surface area (TPSA) is 26.0 Å². The molecular formula is C16H21N. The molecule has 0 unspecified atom stereocenters. The van der Waals surface area contributed by atoms with Crippen molar-refractivity contribution in [1.82, 2.24) is 0 Å². The molecule has 2 rings (SSSR count). The molecule has 2 aromatic rings. The quantitative estimate of drug-likeness (QED) is 0.819. The third-order valence-corrected chi connectivity index (χ3v) is 3.25. The molecule has 1 heteroatoms. The lowest BCUT2D eigenvalue weighted by atomic mass is 9.85. The largest absolute Gasteiger partial charge is 0.322 e. The molecule has 0 fully saturated rings. The van der Waals surface area contributed by atoms with Crippen LogP contribution in [0, 0.1) is 0 Å². The van der Waals surface area contributed by atoms with Crippen LogP contribution in [-0.2, 0) is 5.54 Å². The zero-order valence-electron chi connectivity index (χ0n) is 11.1. The number of hydrogen-bond acceptors (Lipinski definition) is 1. The van der Waals surface area contributed by atoms with Crippen molar-refractivity contribution in [2.24, 2.45) is 5.73 Å². The first kappa shape index (κ1) is 12.1. The van der Waals surface area contributed by atoms with E-state index >= 15 is 0 Å². The monoisotopic (exact) mass is 227 g/mol. The van der Waals surface area contributed by atoms with Crippen LogP contribution >= 0.6 is 0 Å². The molecule has 0 spiro atoms. The van der Waals surface area contributed by atoms with E-state index < -0.39 is 0 Å². The summed E-state index contributed by atoms with van der Waals surface area (Å²) in [5.41, 5.74) is 8.61. The second-order valence-corrected chi connectivity index (χ2v) is 5.63. The highest BCUT2D eigenvalue weighted by atomic mass is 14.7. The van der Waals surface area contributed by atoms with Crippen LogP contribution in [0.2, 0.25) is 0 Å². The van der Waals surface area contributed by atoms with Gasteiger partial charge in [-0.3, -0.25) is 0 Å². The molecule has 2 aromatic carbocycles. The first-order valence-corrected chi connectivity index (χ1v) is 6.22. The maximum absolute atomic E-state index is 6.29. The van der Waals surface area contributed by atoms with Gasteiger partial charge >= 0.3 is 0 Å². The molecular weight excluding hydrogens is 206 g/mol. The summed E-state index contributed by atoms with van der Waals surface area (Å²) in [4.78, 5) is 0. The molecule has 0 heterocycles. The fourth-order valence-corrected chi connectivity index (χ4v) is 2.39. The summed E-state index contributed by atoms with van der Waals surface area (Å²) in [5, 5.41) is 2.62. The van der Waals surface area contributed by atoms with E-state index in [0.717, 1.165) is 0 Å². The van der Waals surface area contributed by atoms with Crippen molar-refractivity contribution in [3.8, 4) is 0 Å². The van der Waals surface area contributed by atoms with Crippen LogP contribution < -0.4 is 5.73 Å². The van der Waals surface area contributed by atoms with E-state index in [9.17, 15) is 0 Å². The molecule has 0 saturated heterocycles. The molecule has 0 aliphatic rings. The van der Waals surface area contributed by atoms with Crippen molar-refractivity contribution >= 4 is 10.8 Å². The van der Waals surface area contributed by atoms with E-state index in [-0.39, 0.29) is 5.54 Å². The second kappa shape index (κ2) is 4.15. The van der Waals surface area contributed by atoms with Crippen molar-refractivity contribution in [1.29, 1.82) is 0 Å². The summed E-state index contributed by atoms with van der Waals surface area (Å²) in [7, 11) is 0. The van der Waals surface area contributed by atoms with Gasteiger partial charge in [-0.25, -0.2) is 0 Å². The minimum Gasteiger partial charge on any atom is -0.322 e. The fraction of sp³-hybridized carbons (Fsp3) is 0.375. The Morgan fingerprint density at radius 2 is 1.59 bits per heavy atom. The van der Waals surface area contributed by atoms with Gasteiger partial charge in [0.15, 0.2) is 0 Å². The lowest BCUT2D eigenvalue weighted by molar-refractivity contribution is 0.559. The van der Waals surface area contributed by atoms with Crippen LogP contribution in [0.1, 0.15) is 44.7 Å². The molecule has 0 bridgehead atoms.